The molecule has 2 heterocycles. The molecule has 0 aliphatic carbocycles. The van der Waals surface area contributed by atoms with Crippen LogP contribution in [0.15, 0.2) is 24.5 Å². The predicted molar refractivity (Wildman–Crippen MR) is 75.6 cm³/mol. The van der Waals surface area contributed by atoms with E-state index in [0.29, 0.717) is 24.9 Å². The quantitative estimate of drug-likeness (QED) is 0.898. The summed E-state index contributed by atoms with van der Waals surface area (Å²) in [6.45, 7) is 5.68. The van der Waals surface area contributed by atoms with Crippen molar-refractivity contribution in [2.24, 2.45) is 11.7 Å². The first-order valence-corrected chi connectivity index (χ1v) is 7.01. The molecule has 1 aliphatic heterocycles. The van der Waals surface area contributed by atoms with E-state index >= 15 is 0 Å². The van der Waals surface area contributed by atoms with Crippen LogP contribution in [0.25, 0.3) is 0 Å². The lowest BCUT2D eigenvalue weighted by Crippen LogP contribution is -2.35. The fourth-order valence-electron chi connectivity index (χ4n) is 2.83. The molecule has 3 unspecified atom stereocenters. The van der Waals surface area contributed by atoms with Gasteiger partial charge in [-0.15, -0.1) is 0 Å². The van der Waals surface area contributed by atoms with Crippen molar-refractivity contribution < 1.29 is 4.79 Å². The number of amides is 1. The number of nitrogens with two attached hydrogens (primary N) is 1. The fourth-order valence-corrected chi connectivity index (χ4v) is 2.83. The molecule has 1 aromatic heterocycles. The Bertz CT molecular complexity index is 421. The number of carbonyl (C=O) groups is 1. The second kappa shape index (κ2) is 6.15. The van der Waals surface area contributed by atoms with Crippen LogP contribution in [0.3, 0.4) is 0 Å². The van der Waals surface area contributed by atoms with Gasteiger partial charge in [0, 0.05) is 31.4 Å². The summed E-state index contributed by atoms with van der Waals surface area (Å²) in [6.07, 6.45) is 5.18. The van der Waals surface area contributed by atoms with Crippen LogP contribution in [0.5, 0.6) is 0 Å². The Morgan fingerprint density at radius 3 is 3.00 bits per heavy atom. The third-order valence-electron chi connectivity index (χ3n) is 4.05. The molecule has 1 fully saturated rings. The zero-order valence-corrected chi connectivity index (χ0v) is 11.7. The molecule has 0 spiro atoms. The van der Waals surface area contributed by atoms with Crippen LogP contribution in [-0.4, -0.2) is 34.9 Å². The zero-order chi connectivity index (χ0) is 13.8. The van der Waals surface area contributed by atoms with E-state index in [-0.39, 0.29) is 11.8 Å². The smallest absolute Gasteiger partial charge is 0.223 e. The third-order valence-corrected chi connectivity index (χ3v) is 4.05. The van der Waals surface area contributed by atoms with Crippen molar-refractivity contribution in [3.05, 3.63) is 30.1 Å². The maximum Gasteiger partial charge on any atom is 0.223 e. The van der Waals surface area contributed by atoms with Crippen molar-refractivity contribution in [2.45, 2.75) is 38.6 Å². The molecular formula is C15H23N3O. The molecule has 0 aromatic carbocycles. The Labute approximate surface area is 115 Å². The van der Waals surface area contributed by atoms with Crippen LogP contribution in [0.1, 0.15) is 38.2 Å². The minimum absolute atomic E-state index is 0.213. The van der Waals surface area contributed by atoms with Gasteiger partial charge in [0.25, 0.3) is 0 Å². The maximum absolute atomic E-state index is 12.4. The highest BCUT2D eigenvalue weighted by molar-refractivity contribution is 5.77. The van der Waals surface area contributed by atoms with Gasteiger partial charge in [-0.1, -0.05) is 13.0 Å². The molecule has 4 heteroatoms. The lowest BCUT2D eigenvalue weighted by Gasteiger charge is -2.23. The lowest BCUT2D eigenvalue weighted by atomic mass is 9.99. The lowest BCUT2D eigenvalue weighted by molar-refractivity contribution is -0.132. The second-order valence-corrected chi connectivity index (χ2v) is 5.62. The Balaban J connectivity index is 1.94. The van der Waals surface area contributed by atoms with Crippen LogP contribution in [0.4, 0.5) is 0 Å². The van der Waals surface area contributed by atoms with E-state index in [9.17, 15) is 4.79 Å². The van der Waals surface area contributed by atoms with E-state index in [1.807, 2.05) is 23.2 Å². The molecule has 4 nitrogen and oxygen atoms in total. The van der Waals surface area contributed by atoms with Gasteiger partial charge in [0.15, 0.2) is 0 Å². The van der Waals surface area contributed by atoms with Gasteiger partial charge >= 0.3 is 0 Å². The summed E-state index contributed by atoms with van der Waals surface area (Å²) in [7, 11) is 0. The monoisotopic (exact) mass is 261 g/mol. The van der Waals surface area contributed by atoms with Crippen LogP contribution >= 0.6 is 0 Å². The Hall–Kier alpha value is -1.42. The topological polar surface area (TPSA) is 59.2 Å². The van der Waals surface area contributed by atoms with Gasteiger partial charge in [-0.2, -0.15) is 0 Å². The molecule has 2 rings (SSSR count). The van der Waals surface area contributed by atoms with Crippen molar-refractivity contribution >= 4 is 5.91 Å². The van der Waals surface area contributed by atoms with Gasteiger partial charge < -0.3 is 10.6 Å². The van der Waals surface area contributed by atoms with E-state index < -0.39 is 0 Å². The molecule has 104 valence electrons. The molecule has 0 bridgehead atoms. The molecule has 1 aromatic rings. The summed E-state index contributed by atoms with van der Waals surface area (Å²) in [5, 5.41) is 0. The molecule has 0 radical (unpaired) electrons. The Kier molecular flexibility index (Phi) is 4.53. The Morgan fingerprint density at radius 2 is 2.42 bits per heavy atom. The molecule has 1 saturated heterocycles. The fraction of sp³-hybridized carbons (Fsp3) is 0.600. The van der Waals surface area contributed by atoms with Crippen molar-refractivity contribution in [3.8, 4) is 0 Å². The van der Waals surface area contributed by atoms with Crippen molar-refractivity contribution in [2.75, 3.05) is 13.1 Å². The first-order valence-electron chi connectivity index (χ1n) is 7.01. The van der Waals surface area contributed by atoms with E-state index in [1.54, 1.807) is 6.20 Å². The summed E-state index contributed by atoms with van der Waals surface area (Å²) in [4.78, 5) is 18.5. The summed E-state index contributed by atoms with van der Waals surface area (Å²) in [5.74, 6) is 0.915. The average molecular weight is 261 g/mol. The number of hydrogen-bond donors (Lipinski definition) is 1. The molecule has 2 N–H and O–H groups in total. The maximum atomic E-state index is 12.4. The molecule has 1 aliphatic rings. The number of aromatic nitrogens is 1. The minimum Gasteiger partial charge on any atom is -0.340 e. The zero-order valence-electron chi connectivity index (χ0n) is 11.7. The van der Waals surface area contributed by atoms with E-state index in [1.165, 1.54) is 0 Å². The Morgan fingerprint density at radius 1 is 1.63 bits per heavy atom. The van der Waals surface area contributed by atoms with Crippen molar-refractivity contribution in [3.63, 3.8) is 0 Å². The predicted octanol–water partition coefficient (Wildman–Crippen LogP) is 1.77. The van der Waals surface area contributed by atoms with Crippen molar-refractivity contribution in [1.82, 2.24) is 9.88 Å². The highest BCUT2D eigenvalue weighted by atomic mass is 16.2. The van der Waals surface area contributed by atoms with E-state index in [2.05, 4.69) is 18.8 Å². The molecule has 3 atom stereocenters. The number of hydrogen-bond acceptors (Lipinski definition) is 3. The highest BCUT2D eigenvalue weighted by Crippen LogP contribution is 2.26. The SMILES string of the molecule is CC(CC(=O)N1CC(CN)CC1C)c1cccnc1. The third kappa shape index (κ3) is 3.32. The summed E-state index contributed by atoms with van der Waals surface area (Å²) >= 11 is 0. The van der Waals surface area contributed by atoms with Gasteiger partial charge in [0.1, 0.15) is 0 Å². The molecule has 1 amide bonds. The normalized spacial score (nSPS) is 24.5. The van der Waals surface area contributed by atoms with E-state index in [0.717, 1.165) is 18.5 Å². The van der Waals surface area contributed by atoms with Crippen LogP contribution < -0.4 is 5.73 Å². The standard InChI is InChI=1S/C15H23N3O/c1-11(14-4-3-5-17-9-14)6-15(19)18-10-13(8-16)7-12(18)2/h3-5,9,11-13H,6-8,10,16H2,1-2H3. The van der Waals surface area contributed by atoms with Crippen LogP contribution in [0, 0.1) is 5.92 Å². The van der Waals surface area contributed by atoms with Gasteiger partial charge in [-0.05, 0) is 43.4 Å². The molecule has 0 saturated carbocycles. The second-order valence-electron chi connectivity index (χ2n) is 5.62. The largest absolute Gasteiger partial charge is 0.340 e. The number of carbonyl (C=O) groups excluding carboxylic acids is 1. The van der Waals surface area contributed by atoms with Gasteiger partial charge in [-0.25, -0.2) is 0 Å². The van der Waals surface area contributed by atoms with Gasteiger partial charge in [-0.3, -0.25) is 9.78 Å². The number of pyridine rings is 1. The van der Waals surface area contributed by atoms with Crippen LogP contribution in [0.2, 0.25) is 0 Å². The number of likely N-dealkylation sites (tertiary alicyclic amines) is 1. The van der Waals surface area contributed by atoms with Crippen LogP contribution in [-0.2, 0) is 4.79 Å². The average Bonchev–Trinajstić information content (AvgIpc) is 2.81. The van der Waals surface area contributed by atoms with Crippen molar-refractivity contribution in [1.29, 1.82) is 0 Å². The molecular weight excluding hydrogens is 238 g/mol. The first kappa shape index (κ1) is 14.0. The summed E-state index contributed by atoms with van der Waals surface area (Å²) < 4.78 is 0. The number of rotatable bonds is 4. The molecule has 19 heavy (non-hydrogen) atoms. The summed E-state index contributed by atoms with van der Waals surface area (Å²) in [6, 6.07) is 4.27. The van der Waals surface area contributed by atoms with E-state index in [4.69, 9.17) is 5.73 Å². The van der Waals surface area contributed by atoms with Gasteiger partial charge in [0.05, 0.1) is 0 Å². The number of nitrogens with zero attached hydrogens (tertiary/aromatic N) is 2. The van der Waals surface area contributed by atoms with Gasteiger partial charge in [0.2, 0.25) is 5.91 Å². The minimum atomic E-state index is 0.213. The summed E-state index contributed by atoms with van der Waals surface area (Å²) in [5.41, 5.74) is 6.83. The first-order chi connectivity index (χ1) is 9.11. The highest BCUT2D eigenvalue weighted by Gasteiger charge is 2.31.